The summed E-state index contributed by atoms with van der Waals surface area (Å²) in [6, 6.07) is 25.3. The van der Waals surface area contributed by atoms with Gasteiger partial charge in [-0.25, -0.2) is 0 Å². The van der Waals surface area contributed by atoms with Gasteiger partial charge in [0.25, 0.3) is 0 Å². The van der Waals surface area contributed by atoms with Gasteiger partial charge in [0.05, 0.1) is 13.2 Å². The summed E-state index contributed by atoms with van der Waals surface area (Å²) in [6.45, 7) is 0. The fourth-order valence-corrected chi connectivity index (χ4v) is 3.24. The Morgan fingerprint density at radius 3 is 2.59 bits per heavy atom. The summed E-state index contributed by atoms with van der Waals surface area (Å²) in [4.78, 5) is 4.35. The maximum absolute atomic E-state index is 10.9. The Bertz CT molecular complexity index is 1060. The van der Waals surface area contributed by atoms with Gasteiger partial charge in [0.15, 0.2) is 0 Å². The normalized spacial score (nSPS) is 11.9. The average molecular weight is 356 g/mol. The number of ether oxygens (including phenoxy) is 1. The molecule has 0 spiro atoms. The van der Waals surface area contributed by atoms with Crippen LogP contribution in [0.15, 0.2) is 85.1 Å². The molecule has 0 radical (unpaired) electrons. The summed E-state index contributed by atoms with van der Waals surface area (Å²) in [7, 11) is 1.65. The van der Waals surface area contributed by atoms with Crippen molar-refractivity contribution in [3.05, 3.63) is 96.2 Å². The van der Waals surface area contributed by atoms with Crippen LogP contribution in [0, 0.1) is 0 Å². The summed E-state index contributed by atoms with van der Waals surface area (Å²) in [5, 5.41) is 15.4. The third-order valence-electron chi connectivity index (χ3n) is 4.60. The van der Waals surface area contributed by atoms with Gasteiger partial charge in [-0.1, -0.05) is 54.6 Å². The summed E-state index contributed by atoms with van der Waals surface area (Å²) in [6.07, 6.45) is 1.69. The minimum Gasteiger partial charge on any atom is -0.505 e. The Labute approximate surface area is 158 Å². The lowest BCUT2D eigenvalue weighted by molar-refractivity contribution is 0.415. The lowest BCUT2D eigenvalue weighted by Gasteiger charge is -2.22. The van der Waals surface area contributed by atoms with Gasteiger partial charge in [0, 0.05) is 28.9 Å². The minimum absolute atomic E-state index is 0.192. The van der Waals surface area contributed by atoms with Crippen LogP contribution in [0.1, 0.15) is 17.2 Å². The molecule has 4 rings (SSSR count). The number of benzene rings is 3. The molecule has 1 unspecified atom stereocenters. The molecule has 1 atom stereocenters. The fourth-order valence-electron chi connectivity index (χ4n) is 3.24. The van der Waals surface area contributed by atoms with E-state index in [1.807, 2.05) is 78.9 Å². The van der Waals surface area contributed by atoms with Crippen molar-refractivity contribution in [2.24, 2.45) is 0 Å². The number of phenols is 1. The molecule has 0 saturated heterocycles. The molecule has 1 aromatic heterocycles. The van der Waals surface area contributed by atoms with Crippen LogP contribution in [-0.2, 0) is 0 Å². The monoisotopic (exact) mass is 356 g/mol. The molecule has 0 bridgehead atoms. The Balaban J connectivity index is 1.82. The minimum atomic E-state index is -0.232. The average Bonchev–Trinajstić information content (AvgIpc) is 2.74. The number of rotatable bonds is 5. The maximum atomic E-state index is 10.9. The number of aromatic hydroxyl groups is 1. The van der Waals surface area contributed by atoms with E-state index in [0.717, 1.165) is 28.0 Å². The summed E-state index contributed by atoms with van der Waals surface area (Å²) < 4.78 is 5.33. The number of fused-ring (bicyclic) bond motifs is 1. The molecular formula is C23H20N2O2. The van der Waals surface area contributed by atoms with E-state index < -0.39 is 0 Å². The van der Waals surface area contributed by atoms with Crippen LogP contribution in [0.5, 0.6) is 11.5 Å². The molecule has 0 fully saturated rings. The van der Waals surface area contributed by atoms with Gasteiger partial charge in [-0.2, -0.15) is 0 Å². The van der Waals surface area contributed by atoms with Gasteiger partial charge < -0.3 is 15.2 Å². The van der Waals surface area contributed by atoms with Gasteiger partial charge in [-0.3, -0.25) is 4.98 Å². The van der Waals surface area contributed by atoms with Crippen molar-refractivity contribution >= 4 is 16.6 Å². The Kier molecular flexibility index (Phi) is 4.62. The second kappa shape index (κ2) is 7.38. The molecule has 0 aliphatic carbocycles. The second-order valence-corrected chi connectivity index (χ2v) is 6.30. The van der Waals surface area contributed by atoms with E-state index in [1.165, 1.54) is 0 Å². The number of anilines is 1. The maximum Gasteiger partial charge on any atom is 0.147 e. The van der Waals surface area contributed by atoms with Crippen molar-refractivity contribution in [1.82, 2.24) is 4.98 Å². The highest BCUT2D eigenvalue weighted by atomic mass is 16.5. The van der Waals surface area contributed by atoms with Crippen molar-refractivity contribution in [3.63, 3.8) is 0 Å². The molecule has 4 heteroatoms. The molecular weight excluding hydrogens is 336 g/mol. The summed E-state index contributed by atoms with van der Waals surface area (Å²) in [5.41, 5.74) is 3.33. The van der Waals surface area contributed by atoms with Crippen LogP contribution in [0.4, 0.5) is 5.69 Å². The number of pyridine rings is 1. The zero-order chi connectivity index (χ0) is 18.6. The van der Waals surface area contributed by atoms with Crippen molar-refractivity contribution < 1.29 is 9.84 Å². The van der Waals surface area contributed by atoms with Crippen LogP contribution in [0.2, 0.25) is 0 Å². The molecule has 0 aliphatic rings. The van der Waals surface area contributed by atoms with E-state index in [1.54, 1.807) is 13.3 Å². The predicted molar refractivity (Wildman–Crippen MR) is 108 cm³/mol. The Morgan fingerprint density at radius 2 is 1.78 bits per heavy atom. The number of hydrogen-bond donors (Lipinski definition) is 2. The van der Waals surface area contributed by atoms with Crippen LogP contribution >= 0.6 is 0 Å². The van der Waals surface area contributed by atoms with Gasteiger partial charge in [0.2, 0.25) is 0 Å². The number of methoxy groups -OCH3 is 1. The van der Waals surface area contributed by atoms with Gasteiger partial charge in [-0.05, 0) is 23.8 Å². The standard InChI is InChI=1S/C23H20N2O2/c1-27-19-11-5-10-18(15-19)25-21(16-7-3-2-4-8-16)20-13-12-17-9-6-14-24-22(17)23(20)26/h2-15,21,25-26H,1H3. The number of hydrogen-bond acceptors (Lipinski definition) is 4. The molecule has 0 saturated carbocycles. The first-order valence-electron chi connectivity index (χ1n) is 8.78. The van der Waals surface area contributed by atoms with E-state index in [2.05, 4.69) is 10.3 Å². The quantitative estimate of drug-likeness (QED) is 0.519. The third kappa shape index (κ3) is 3.42. The second-order valence-electron chi connectivity index (χ2n) is 6.30. The topological polar surface area (TPSA) is 54.4 Å². The van der Waals surface area contributed by atoms with Gasteiger partial charge in [0.1, 0.15) is 17.0 Å². The molecule has 3 aromatic carbocycles. The van der Waals surface area contributed by atoms with Gasteiger partial charge in [-0.15, -0.1) is 0 Å². The van der Waals surface area contributed by atoms with Crippen molar-refractivity contribution in [3.8, 4) is 11.5 Å². The van der Waals surface area contributed by atoms with Crippen molar-refractivity contribution in [2.75, 3.05) is 12.4 Å². The van der Waals surface area contributed by atoms with E-state index >= 15 is 0 Å². The molecule has 0 aliphatic heterocycles. The van der Waals surface area contributed by atoms with Crippen LogP contribution in [0.25, 0.3) is 10.9 Å². The van der Waals surface area contributed by atoms with Crippen molar-refractivity contribution in [1.29, 1.82) is 0 Å². The van der Waals surface area contributed by atoms with Crippen LogP contribution in [0.3, 0.4) is 0 Å². The first kappa shape index (κ1) is 16.9. The Hall–Kier alpha value is -3.53. The molecule has 1 heterocycles. The van der Waals surface area contributed by atoms with E-state index in [-0.39, 0.29) is 11.8 Å². The first-order chi connectivity index (χ1) is 13.3. The van der Waals surface area contributed by atoms with Crippen molar-refractivity contribution in [2.45, 2.75) is 6.04 Å². The lowest BCUT2D eigenvalue weighted by Crippen LogP contribution is -2.13. The first-order valence-corrected chi connectivity index (χ1v) is 8.78. The number of nitrogens with one attached hydrogen (secondary N) is 1. The highest BCUT2D eigenvalue weighted by Gasteiger charge is 2.20. The van der Waals surface area contributed by atoms with E-state index in [4.69, 9.17) is 4.74 Å². The Morgan fingerprint density at radius 1 is 0.926 bits per heavy atom. The zero-order valence-electron chi connectivity index (χ0n) is 15.0. The molecule has 27 heavy (non-hydrogen) atoms. The smallest absolute Gasteiger partial charge is 0.147 e. The zero-order valence-corrected chi connectivity index (χ0v) is 15.0. The number of aromatic nitrogens is 1. The van der Waals surface area contributed by atoms with Crippen LogP contribution in [-0.4, -0.2) is 17.2 Å². The number of nitrogens with zero attached hydrogens (tertiary/aromatic N) is 1. The molecule has 4 aromatic rings. The molecule has 134 valence electrons. The molecule has 4 nitrogen and oxygen atoms in total. The molecule has 2 N–H and O–H groups in total. The van der Waals surface area contributed by atoms with Crippen LogP contribution < -0.4 is 10.1 Å². The largest absolute Gasteiger partial charge is 0.505 e. The van der Waals surface area contributed by atoms with Gasteiger partial charge >= 0.3 is 0 Å². The van der Waals surface area contributed by atoms with E-state index in [9.17, 15) is 5.11 Å². The highest BCUT2D eigenvalue weighted by Crippen LogP contribution is 2.36. The molecule has 0 amide bonds. The van der Waals surface area contributed by atoms with E-state index in [0.29, 0.717) is 5.52 Å². The predicted octanol–water partition coefficient (Wildman–Crippen LogP) is 5.15. The summed E-state index contributed by atoms with van der Waals surface area (Å²) in [5.74, 6) is 0.966. The highest BCUT2D eigenvalue weighted by molar-refractivity contribution is 5.86. The number of phenolic OH excluding ortho intramolecular Hbond substituents is 1. The lowest BCUT2D eigenvalue weighted by atomic mass is 9.96. The fraction of sp³-hybridized carbons (Fsp3) is 0.0870. The SMILES string of the molecule is COc1cccc(NC(c2ccccc2)c2ccc3cccnc3c2O)c1. The summed E-state index contributed by atoms with van der Waals surface area (Å²) >= 11 is 0. The third-order valence-corrected chi connectivity index (χ3v) is 4.60.